The number of hydrogen-bond donors (Lipinski definition) is 3. The van der Waals surface area contributed by atoms with Crippen molar-refractivity contribution in [3.8, 4) is 0 Å². The van der Waals surface area contributed by atoms with E-state index in [2.05, 4.69) is 36.4 Å². The van der Waals surface area contributed by atoms with Crippen molar-refractivity contribution >= 4 is 16.0 Å². The maximum absolute atomic E-state index is 11.2. The van der Waals surface area contributed by atoms with Gasteiger partial charge in [0.1, 0.15) is 0 Å². The lowest BCUT2D eigenvalue weighted by Crippen LogP contribution is -2.42. The average Bonchev–Trinajstić information content (AvgIpc) is 2.53. The van der Waals surface area contributed by atoms with Gasteiger partial charge in [-0.3, -0.25) is 4.99 Å². The quantitative estimate of drug-likeness (QED) is 0.460. The van der Waals surface area contributed by atoms with Crippen molar-refractivity contribution in [1.29, 1.82) is 0 Å². The fourth-order valence-electron chi connectivity index (χ4n) is 2.50. The maximum atomic E-state index is 11.2. The van der Waals surface area contributed by atoms with Gasteiger partial charge in [-0.2, -0.15) is 0 Å². The third-order valence-electron chi connectivity index (χ3n) is 3.98. The molecule has 1 aromatic rings. The first-order valence-electron chi connectivity index (χ1n) is 8.81. The van der Waals surface area contributed by atoms with Crippen LogP contribution >= 0.6 is 0 Å². The molecule has 0 radical (unpaired) electrons. The summed E-state index contributed by atoms with van der Waals surface area (Å²) < 4.78 is 22.5. The topological polar surface area (TPSA) is 96.6 Å². The minimum absolute atomic E-state index is 0.136. The van der Waals surface area contributed by atoms with Crippen LogP contribution < -0.4 is 15.8 Å². The number of sulfonamides is 1. The van der Waals surface area contributed by atoms with Crippen LogP contribution in [0.4, 0.5) is 0 Å². The van der Waals surface area contributed by atoms with Crippen LogP contribution in [-0.4, -0.2) is 34.0 Å². The van der Waals surface area contributed by atoms with Crippen LogP contribution in [0.2, 0.25) is 0 Å². The van der Waals surface area contributed by atoms with Crippen molar-refractivity contribution in [3.63, 3.8) is 0 Å². The Morgan fingerprint density at radius 3 is 2.32 bits per heavy atom. The van der Waals surface area contributed by atoms with E-state index in [-0.39, 0.29) is 4.90 Å². The Labute approximate surface area is 152 Å². The highest BCUT2D eigenvalue weighted by Gasteiger charge is 2.08. The van der Waals surface area contributed by atoms with Crippen LogP contribution in [-0.2, 0) is 16.4 Å². The van der Waals surface area contributed by atoms with Crippen LogP contribution in [0.1, 0.15) is 45.6 Å². The fraction of sp³-hybridized carbons (Fsp3) is 0.611. The molecule has 0 fully saturated rings. The molecule has 25 heavy (non-hydrogen) atoms. The minimum Gasteiger partial charge on any atom is -0.356 e. The maximum Gasteiger partial charge on any atom is 0.238 e. The van der Waals surface area contributed by atoms with Gasteiger partial charge in [0.15, 0.2) is 5.96 Å². The van der Waals surface area contributed by atoms with E-state index in [1.807, 2.05) is 0 Å². The summed E-state index contributed by atoms with van der Waals surface area (Å²) in [5.74, 6) is 1.53. The number of nitrogens with two attached hydrogens (primary N) is 1. The van der Waals surface area contributed by atoms with Crippen LogP contribution in [0.25, 0.3) is 0 Å². The van der Waals surface area contributed by atoms with E-state index in [9.17, 15) is 8.42 Å². The zero-order chi connectivity index (χ0) is 18.9. The molecular weight excluding hydrogens is 336 g/mol. The molecule has 7 heteroatoms. The molecule has 0 aliphatic rings. The van der Waals surface area contributed by atoms with Gasteiger partial charge in [-0.25, -0.2) is 13.6 Å². The second-order valence-corrected chi connectivity index (χ2v) is 8.37. The normalized spacial score (nSPS) is 13.8. The second kappa shape index (κ2) is 10.4. The number of rotatable bonds is 9. The van der Waals surface area contributed by atoms with E-state index in [0.29, 0.717) is 12.6 Å². The number of benzene rings is 1. The van der Waals surface area contributed by atoms with Crippen LogP contribution in [0.5, 0.6) is 0 Å². The van der Waals surface area contributed by atoms with Crippen molar-refractivity contribution in [3.05, 3.63) is 29.8 Å². The molecule has 1 atom stereocenters. The van der Waals surface area contributed by atoms with Crippen LogP contribution in [0.3, 0.4) is 0 Å². The molecule has 0 amide bonds. The Hall–Kier alpha value is -1.60. The van der Waals surface area contributed by atoms with Crippen molar-refractivity contribution in [1.82, 2.24) is 10.6 Å². The fourth-order valence-corrected chi connectivity index (χ4v) is 3.02. The number of hydrogen-bond acceptors (Lipinski definition) is 3. The standard InChI is InChI=1S/C18H32N4O2S/c1-14(2)6-5-7-15(3)22-18(20-4)21-13-12-16-8-10-17(11-9-16)25(19,23)24/h8-11,14-15H,5-7,12-13H2,1-4H3,(H2,19,23,24)(H2,20,21,22). The van der Waals surface area contributed by atoms with E-state index in [1.54, 1.807) is 19.2 Å². The predicted molar refractivity (Wildman–Crippen MR) is 104 cm³/mol. The summed E-state index contributed by atoms with van der Waals surface area (Å²) >= 11 is 0. The number of aliphatic imine (C=N–C) groups is 1. The summed E-state index contributed by atoms with van der Waals surface area (Å²) in [4.78, 5) is 4.38. The van der Waals surface area contributed by atoms with Gasteiger partial charge in [0.25, 0.3) is 0 Å². The third kappa shape index (κ3) is 8.88. The molecule has 0 saturated heterocycles. The van der Waals surface area contributed by atoms with Gasteiger partial charge in [-0.05, 0) is 43.4 Å². The molecule has 0 aromatic heterocycles. The van der Waals surface area contributed by atoms with Gasteiger partial charge in [0.2, 0.25) is 10.0 Å². The van der Waals surface area contributed by atoms with E-state index in [0.717, 1.165) is 30.3 Å². The Bertz CT molecular complexity index is 640. The predicted octanol–water partition coefficient (Wildman–Crippen LogP) is 2.26. The summed E-state index contributed by atoms with van der Waals surface area (Å²) in [6.45, 7) is 7.37. The molecule has 4 N–H and O–H groups in total. The first kappa shape index (κ1) is 21.4. The molecule has 0 aliphatic heterocycles. The Morgan fingerprint density at radius 2 is 1.80 bits per heavy atom. The summed E-state index contributed by atoms with van der Waals surface area (Å²) in [5.41, 5.74) is 1.04. The first-order chi connectivity index (χ1) is 11.7. The summed E-state index contributed by atoms with van der Waals surface area (Å²) in [6, 6.07) is 7.01. The zero-order valence-corrected chi connectivity index (χ0v) is 16.6. The lowest BCUT2D eigenvalue weighted by atomic mass is 10.0. The van der Waals surface area contributed by atoms with E-state index >= 15 is 0 Å². The molecular formula is C18H32N4O2S. The molecule has 1 rings (SSSR count). The summed E-state index contributed by atoms with van der Waals surface area (Å²) in [5, 5.41) is 11.8. The average molecular weight is 369 g/mol. The Balaban J connectivity index is 2.37. The first-order valence-corrected chi connectivity index (χ1v) is 10.4. The lowest BCUT2D eigenvalue weighted by Gasteiger charge is -2.18. The molecule has 0 bridgehead atoms. The number of nitrogens with one attached hydrogen (secondary N) is 2. The molecule has 0 spiro atoms. The summed E-state index contributed by atoms with van der Waals surface area (Å²) in [7, 11) is -1.87. The molecule has 142 valence electrons. The molecule has 1 aromatic carbocycles. The van der Waals surface area contributed by atoms with Crippen LogP contribution in [0.15, 0.2) is 34.2 Å². The molecule has 0 aliphatic carbocycles. The smallest absolute Gasteiger partial charge is 0.238 e. The number of nitrogens with zero attached hydrogens (tertiary/aromatic N) is 1. The molecule has 0 heterocycles. The zero-order valence-electron chi connectivity index (χ0n) is 15.7. The summed E-state index contributed by atoms with van der Waals surface area (Å²) in [6.07, 6.45) is 4.34. The van der Waals surface area contributed by atoms with Gasteiger partial charge in [-0.1, -0.05) is 38.8 Å². The molecule has 1 unspecified atom stereocenters. The Kier molecular flexibility index (Phi) is 8.92. The van der Waals surface area contributed by atoms with Crippen molar-refractivity contribution in [2.75, 3.05) is 13.6 Å². The molecule has 6 nitrogen and oxygen atoms in total. The SMILES string of the molecule is CN=C(NCCc1ccc(S(N)(=O)=O)cc1)NC(C)CCCC(C)C. The highest BCUT2D eigenvalue weighted by molar-refractivity contribution is 7.89. The third-order valence-corrected chi connectivity index (χ3v) is 4.91. The Morgan fingerprint density at radius 1 is 1.16 bits per heavy atom. The van der Waals surface area contributed by atoms with Gasteiger partial charge in [0, 0.05) is 19.6 Å². The van der Waals surface area contributed by atoms with Gasteiger partial charge >= 0.3 is 0 Å². The van der Waals surface area contributed by atoms with Crippen molar-refractivity contribution in [2.24, 2.45) is 16.0 Å². The van der Waals surface area contributed by atoms with Gasteiger partial charge in [0.05, 0.1) is 4.90 Å². The van der Waals surface area contributed by atoms with Crippen LogP contribution in [0, 0.1) is 5.92 Å². The number of primary sulfonamides is 1. The largest absolute Gasteiger partial charge is 0.356 e. The van der Waals surface area contributed by atoms with E-state index in [4.69, 9.17) is 5.14 Å². The highest BCUT2D eigenvalue weighted by Crippen LogP contribution is 2.09. The number of guanidine groups is 1. The highest BCUT2D eigenvalue weighted by atomic mass is 32.2. The van der Waals surface area contributed by atoms with Crippen molar-refractivity contribution < 1.29 is 8.42 Å². The van der Waals surface area contributed by atoms with Gasteiger partial charge < -0.3 is 10.6 Å². The second-order valence-electron chi connectivity index (χ2n) is 6.81. The van der Waals surface area contributed by atoms with E-state index < -0.39 is 10.0 Å². The van der Waals surface area contributed by atoms with Gasteiger partial charge in [-0.15, -0.1) is 0 Å². The van der Waals surface area contributed by atoms with E-state index in [1.165, 1.54) is 25.0 Å². The minimum atomic E-state index is -3.63. The lowest BCUT2D eigenvalue weighted by molar-refractivity contribution is 0.491. The van der Waals surface area contributed by atoms with Crippen molar-refractivity contribution in [2.45, 2.75) is 57.4 Å². The monoisotopic (exact) mass is 368 g/mol. The molecule has 0 saturated carbocycles.